The first-order valence-electron chi connectivity index (χ1n) is 8.83. The smallest absolute Gasteiger partial charge is 0.257 e. The Balaban J connectivity index is 1.66. The molecular formula is C19H23N5O3. The van der Waals surface area contributed by atoms with E-state index in [0.717, 1.165) is 13.0 Å². The van der Waals surface area contributed by atoms with Crippen LogP contribution in [-0.4, -0.2) is 60.5 Å². The molecule has 1 aliphatic rings. The first-order valence-corrected chi connectivity index (χ1v) is 8.83. The molecule has 1 aliphatic heterocycles. The maximum Gasteiger partial charge on any atom is 0.257 e. The van der Waals surface area contributed by atoms with Gasteiger partial charge in [0.1, 0.15) is 6.61 Å². The summed E-state index contributed by atoms with van der Waals surface area (Å²) in [6.07, 6.45) is 6.02. The number of pyridine rings is 2. The van der Waals surface area contributed by atoms with Gasteiger partial charge in [0.15, 0.2) is 0 Å². The zero-order valence-corrected chi connectivity index (χ0v) is 15.5. The van der Waals surface area contributed by atoms with Crippen LogP contribution in [0.1, 0.15) is 23.2 Å². The molecule has 2 aromatic rings. The molecule has 1 saturated heterocycles. The number of hydrogen-bond acceptors (Lipinski definition) is 6. The fraction of sp³-hybridized carbons (Fsp3) is 0.368. The Morgan fingerprint density at radius 2 is 2.19 bits per heavy atom. The molecule has 3 heterocycles. The zero-order chi connectivity index (χ0) is 19.2. The molecule has 2 amide bonds. The normalized spacial score (nSPS) is 13.9. The molecule has 0 atom stereocenters. The summed E-state index contributed by atoms with van der Waals surface area (Å²) < 4.78 is 5.58. The highest BCUT2D eigenvalue weighted by Gasteiger charge is 2.22. The van der Waals surface area contributed by atoms with Gasteiger partial charge in [0.05, 0.1) is 17.4 Å². The molecule has 0 aliphatic carbocycles. The Kier molecular flexibility index (Phi) is 5.97. The van der Waals surface area contributed by atoms with Gasteiger partial charge in [0.2, 0.25) is 11.8 Å². The average Bonchev–Trinajstić information content (AvgIpc) is 3.08. The lowest BCUT2D eigenvalue weighted by molar-refractivity contribution is -0.117. The summed E-state index contributed by atoms with van der Waals surface area (Å²) in [5.41, 5.74) is 1.61. The van der Waals surface area contributed by atoms with Crippen molar-refractivity contribution in [3.8, 4) is 5.88 Å². The van der Waals surface area contributed by atoms with E-state index in [2.05, 4.69) is 15.3 Å². The third-order valence-corrected chi connectivity index (χ3v) is 4.15. The van der Waals surface area contributed by atoms with Crippen molar-refractivity contribution in [1.29, 1.82) is 0 Å². The predicted octanol–water partition coefficient (Wildman–Crippen LogP) is 1.80. The van der Waals surface area contributed by atoms with Crippen LogP contribution >= 0.6 is 0 Å². The van der Waals surface area contributed by atoms with Crippen molar-refractivity contribution < 1.29 is 14.3 Å². The summed E-state index contributed by atoms with van der Waals surface area (Å²) in [4.78, 5) is 36.4. The van der Waals surface area contributed by atoms with E-state index < -0.39 is 0 Å². The Hall–Kier alpha value is -3.00. The van der Waals surface area contributed by atoms with Gasteiger partial charge in [-0.3, -0.25) is 14.6 Å². The van der Waals surface area contributed by atoms with E-state index in [1.165, 1.54) is 6.20 Å². The van der Waals surface area contributed by atoms with Crippen LogP contribution in [-0.2, 0) is 4.79 Å². The molecule has 0 saturated carbocycles. The lowest BCUT2D eigenvalue weighted by Crippen LogP contribution is -2.24. The average molecular weight is 369 g/mol. The number of carbonyl (C=O) groups is 2. The SMILES string of the molecule is CN(C)CCOc1cc(NC(=O)c2cncc(N3CCCC3=O)c2)ccn1. The van der Waals surface area contributed by atoms with Gasteiger partial charge in [-0.1, -0.05) is 0 Å². The van der Waals surface area contributed by atoms with E-state index in [-0.39, 0.29) is 11.8 Å². The molecule has 8 heteroatoms. The maximum absolute atomic E-state index is 12.6. The molecule has 3 rings (SSSR count). The largest absolute Gasteiger partial charge is 0.476 e. The van der Waals surface area contributed by atoms with Gasteiger partial charge in [0.25, 0.3) is 5.91 Å². The molecule has 8 nitrogen and oxygen atoms in total. The summed E-state index contributed by atoms with van der Waals surface area (Å²) in [5, 5.41) is 2.81. The highest BCUT2D eigenvalue weighted by molar-refractivity contribution is 6.05. The van der Waals surface area contributed by atoms with Crippen molar-refractivity contribution >= 4 is 23.2 Å². The monoisotopic (exact) mass is 369 g/mol. The number of nitrogens with one attached hydrogen (secondary N) is 1. The van der Waals surface area contributed by atoms with Crippen LogP contribution in [0.4, 0.5) is 11.4 Å². The minimum absolute atomic E-state index is 0.0583. The van der Waals surface area contributed by atoms with E-state index in [1.54, 1.807) is 35.5 Å². The predicted molar refractivity (Wildman–Crippen MR) is 102 cm³/mol. The van der Waals surface area contributed by atoms with Crippen LogP contribution in [0.5, 0.6) is 5.88 Å². The quantitative estimate of drug-likeness (QED) is 0.801. The van der Waals surface area contributed by atoms with E-state index in [0.29, 0.717) is 42.4 Å². The third-order valence-electron chi connectivity index (χ3n) is 4.15. The number of amides is 2. The van der Waals surface area contributed by atoms with Gasteiger partial charge in [-0.25, -0.2) is 4.98 Å². The summed E-state index contributed by atoms with van der Waals surface area (Å²) >= 11 is 0. The van der Waals surface area contributed by atoms with Gasteiger partial charge in [0, 0.05) is 43.7 Å². The Bertz CT molecular complexity index is 824. The lowest BCUT2D eigenvalue weighted by Gasteiger charge is -2.16. The van der Waals surface area contributed by atoms with Gasteiger partial charge in [-0.15, -0.1) is 0 Å². The van der Waals surface area contributed by atoms with Crippen molar-refractivity contribution in [1.82, 2.24) is 14.9 Å². The summed E-state index contributed by atoms with van der Waals surface area (Å²) in [5.74, 6) is 0.202. The number of ether oxygens (including phenoxy) is 1. The standard InChI is InChI=1S/C19H23N5O3/c1-23(2)8-9-27-17-11-15(5-6-21-17)22-19(26)14-10-16(13-20-12-14)24-7-3-4-18(24)25/h5-6,10-13H,3-4,7-9H2,1-2H3,(H,21,22,26). The molecule has 1 fully saturated rings. The highest BCUT2D eigenvalue weighted by Crippen LogP contribution is 2.22. The number of nitrogens with zero attached hydrogens (tertiary/aromatic N) is 4. The first kappa shape index (κ1) is 18.8. The number of anilines is 2. The van der Waals surface area contributed by atoms with Crippen molar-refractivity contribution in [2.75, 3.05) is 44.0 Å². The molecule has 0 unspecified atom stereocenters. The molecular weight excluding hydrogens is 346 g/mol. The van der Waals surface area contributed by atoms with E-state index in [9.17, 15) is 9.59 Å². The van der Waals surface area contributed by atoms with Gasteiger partial charge >= 0.3 is 0 Å². The summed E-state index contributed by atoms with van der Waals surface area (Å²) in [6, 6.07) is 5.05. The molecule has 0 bridgehead atoms. The van der Waals surface area contributed by atoms with Crippen molar-refractivity contribution in [2.45, 2.75) is 12.8 Å². The number of hydrogen-bond donors (Lipinski definition) is 1. The molecule has 1 N–H and O–H groups in total. The number of carbonyl (C=O) groups excluding carboxylic acids is 2. The topological polar surface area (TPSA) is 87.7 Å². The number of rotatable bonds is 7. The van der Waals surface area contributed by atoms with Crippen LogP contribution in [0.3, 0.4) is 0 Å². The first-order chi connectivity index (χ1) is 13.0. The van der Waals surface area contributed by atoms with E-state index in [4.69, 9.17) is 4.74 Å². The number of likely N-dealkylation sites (N-methyl/N-ethyl adjacent to an activating group) is 1. The molecule has 0 radical (unpaired) electrons. The summed E-state index contributed by atoms with van der Waals surface area (Å²) in [6.45, 7) is 1.93. The van der Waals surface area contributed by atoms with Crippen LogP contribution < -0.4 is 15.0 Å². The maximum atomic E-state index is 12.6. The second kappa shape index (κ2) is 8.59. The Morgan fingerprint density at radius 3 is 2.93 bits per heavy atom. The second-order valence-corrected chi connectivity index (χ2v) is 6.57. The molecule has 0 spiro atoms. The third kappa shape index (κ3) is 5.01. The fourth-order valence-corrected chi connectivity index (χ4v) is 2.72. The van der Waals surface area contributed by atoms with Gasteiger partial charge in [-0.05, 0) is 32.6 Å². The van der Waals surface area contributed by atoms with E-state index in [1.807, 2.05) is 19.0 Å². The molecule has 2 aromatic heterocycles. The minimum Gasteiger partial charge on any atom is -0.476 e. The second-order valence-electron chi connectivity index (χ2n) is 6.57. The van der Waals surface area contributed by atoms with E-state index >= 15 is 0 Å². The lowest BCUT2D eigenvalue weighted by atomic mass is 10.2. The van der Waals surface area contributed by atoms with Crippen molar-refractivity contribution in [2.24, 2.45) is 0 Å². The van der Waals surface area contributed by atoms with Crippen LogP contribution in [0.2, 0.25) is 0 Å². The van der Waals surface area contributed by atoms with Gasteiger partial charge < -0.3 is 19.9 Å². The van der Waals surface area contributed by atoms with Crippen molar-refractivity contribution in [3.05, 3.63) is 42.4 Å². The Labute approximate surface area is 158 Å². The molecule has 142 valence electrons. The zero-order valence-electron chi connectivity index (χ0n) is 15.5. The van der Waals surface area contributed by atoms with Crippen molar-refractivity contribution in [3.63, 3.8) is 0 Å². The van der Waals surface area contributed by atoms with Crippen LogP contribution in [0.15, 0.2) is 36.8 Å². The fourth-order valence-electron chi connectivity index (χ4n) is 2.72. The summed E-state index contributed by atoms with van der Waals surface area (Å²) in [7, 11) is 3.93. The van der Waals surface area contributed by atoms with Crippen LogP contribution in [0, 0.1) is 0 Å². The van der Waals surface area contributed by atoms with Gasteiger partial charge in [-0.2, -0.15) is 0 Å². The Morgan fingerprint density at radius 1 is 1.33 bits per heavy atom. The van der Waals surface area contributed by atoms with Crippen LogP contribution in [0.25, 0.3) is 0 Å². The number of aromatic nitrogens is 2. The molecule has 0 aromatic carbocycles. The highest BCUT2D eigenvalue weighted by atomic mass is 16.5. The molecule has 27 heavy (non-hydrogen) atoms. The minimum atomic E-state index is -0.304.